The van der Waals surface area contributed by atoms with E-state index in [1.807, 2.05) is 30.3 Å². The summed E-state index contributed by atoms with van der Waals surface area (Å²) in [6.45, 7) is 0. The topological polar surface area (TPSA) is 70.2 Å². The molecule has 0 bridgehead atoms. The van der Waals surface area contributed by atoms with Gasteiger partial charge in [-0.05, 0) is 53.8 Å². The molecule has 0 radical (unpaired) electrons. The molecule has 1 aliphatic heterocycles. The van der Waals surface area contributed by atoms with E-state index < -0.39 is 17.7 Å². The number of hydrogen-bond donors (Lipinski definition) is 3. The Balaban J connectivity index is 1.44. The van der Waals surface area contributed by atoms with E-state index in [9.17, 15) is 22.8 Å². The van der Waals surface area contributed by atoms with Crippen molar-refractivity contribution >= 4 is 23.6 Å². The third-order valence-corrected chi connectivity index (χ3v) is 6.12. The number of nitrogens with one attached hydrogen (secondary N) is 3. The number of carbonyl (C=O) groups is 2. The SMILES string of the molecule is O=C1CC(C(=O)N[C@@H](c2ccc(SC(F)(F)F)cc2)C2CC2)NC(c2ccccc2)N1. The van der Waals surface area contributed by atoms with Gasteiger partial charge in [0.05, 0.1) is 18.5 Å². The van der Waals surface area contributed by atoms with Crippen LogP contribution in [0.4, 0.5) is 13.2 Å². The highest BCUT2D eigenvalue weighted by Crippen LogP contribution is 2.42. The van der Waals surface area contributed by atoms with Crippen molar-refractivity contribution in [3.63, 3.8) is 0 Å². The van der Waals surface area contributed by atoms with Crippen LogP contribution in [-0.4, -0.2) is 23.4 Å². The van der Waals surface area contributed by atoms with Crippen LogP contribution >= 0.6 is 11.8 Å². The number of halogens is 3. The molecule has 2 amide bonds. The molecule has 2 aliphatic rings. The van der Waals surface area contributed by atoms with E-state index in [2.05, 4.69) is 16.0 Å². The molecule has 0 spiro atoms. The van der Waals surface area contributed by atoms with Gasteiger partial charge >= 0.3 is 5.51 Å². The van der Waals surface area contributed by atoms with Crippen molar-refractivity contribution in [1.29, 1.82) is 0 Å². The third kappa shape index (κ3) is 5.80. The van der Waals surface area contributed by atoms with Crippen LogP contribution in [0.5, 0.6) is 0 Å². The van der Waals surface area contributed by atoms with Crippen LogP contribution in [0.2, 0.25) is 0 Å². The lowest BCUT2D eigenvalue weighted by Gasteiger charge is -2.32. The highest BCUT2D eigenvalue weighted by Gasteiger charge is 2.37. The van der Waals surface area contributed by atoms with Gasteiger partial charge in [0.1, 0.15) is 6.17 Å². The van der Waals surface area contributed by atoms with E-state index in [-0.39, 0.29) is 46.9 Å². The number of thioether (sulfide) groups is 1. The maximum absolute atomic E-state index is 13.0. The zero-order valence-corrected chi connectivity index (χ0v) is 17.3. The molecule has 1 saturated carbocycles. The van der Waals surface area contributed by atoms with Gasteiger partial charge in [-0.3, -0.25) is 14.9 Å². The van der Waals surface area contributed by atoms with Crippen molar-refractivity contribution in [3.8, 4) is 0 Å². The highest BCUT2D eigenvalue weighted by molar-refractivity contribution is 8.00. The number of hydrogen-bond acceptors (Lipinski definition) is 4. The van der Waals surface area contributed by atoms with Crippen molar-refractivity contribution in [2.45, 2.75) is 47.9 Å². The molecule has 0 aromatic heterocycles. The summed E-state index contributed by atoms with van der Waals surface area (Å²) in [5.41, 5.74) is -2.72. The molecule has 31 heavy (non-hydrogen) atoms. The Morgan fingerprint density at radius 2 is 1.74 bits per heavy atom. The molecule has 164 valence electrons. The fraction of sp³-hybridized carbons (Fsp3) is 0.364. The van der Waals surface area contributed by atoms with Gasteiger partial charge in [-0.25, -0.2) is 0 Å². The molecule has 1 heterocycles. The van der Waals surface area contributed by atoms with Crippen LogP contribution < -0.4 is 16.0 Å². The first kappa shape index (κ1) is 21.7. The molecule has 2 aromatic carbocycles. The molecular weight excluding hydrogens is 427 g/mol. The van der Waals surface area contributed by atoms with E-state index >= 15 is 0 Å². The zero-order chi connectivity index (χ0) is 22.0. The second-order valence-corrected chi connectivity index (χ2v) is 8.91. The Morgan fingerprint density at radius 3 is 2.35 bits per heavy atom. The Labute approximate surface area is 182 Å². The predicted molar refractivity (Wildman–Crippen MR) is 111 cm³/mol. The Kier molecular flexibility index (Phi) is 6.24. The summed E-state index contributed by atoms with van der Waals surface area (Å²) in [6, 6.07) is 14.4. The van der Waals surface area contributed by atoms with Gasteiger partial charge in [0.2, 0.25) is 11.8 Å². The third-order valence-electron chi connectivity index (χ3n) is 5.38. The van der Waals surface area contributed by atoms with Gasteiger partial charge in [0.15, 0.2) is 0 Å². The zero-order valence-electron chi connectivity index (χ0n) is 16.5. The summed E-state index contributed by atoms with van der Waals surface area (Å²) in [4.78, 5) is 25.3. The van der Waals surface area contributed by atoms with E-state index in [4.69, 9.17) is 0 Å². The van der Waals surface area contributed by atoms with Crippen LogP contribution in [0, 0.1) is 5.92 Å². The summed E-state index contributed by atoms with van der Waals surface area (Å²) < 4.78 is 37.7. The molecular formula is C22H22F3N3O2S. The van der Waals surface area contributed by atoms with Gasteiger partial charge < -0.3 is 10.6 Å². The summed E-state index contributed by atoms with van der Waals surface area (Å²) in [5.74, 6) is -0.266. The molecule has 2 fully saturated rings. The summed E-state index contributed by atoms with van der Waals surface area (Å²) in [5, 5.41) is 9.03. The highest BCUT2D eigenvalue weighted by atomic mass is 32.2. The standard InChI is InChI=1S/C22H22F3N3O2S/c23-22(24,25)31-16-10-8-14(9-11-16)19(13-6-7-13)28-21(30)17-12-18(29)27-20(26-17)15-4-2-1-3-5-15/h1-5,8-11,13,17,19-20,26H,6-7,12H2,(H,27,29)(H,28,30)/t17?,19-,20?/m1/s1. The lowest BCUT2D eigenvalue weighted by atomic mass is 10.0. The van der Waals surface area contributed by atoms with E-state index in [0.717, 1.165) is 24.0 Å². The van der Waals surface area contributed by atoms with Gasteiger partial charge in [-0.2, -0.15) is 13.2 Å². The van der Waals surface area contributed by atoms with Crippen molar-refractivity contribution in [2.75, 3.05) is 0 Å². The van der Waals surface area contributed by atoms with Gasteiger partial charge in [0.25, 0.3) is 0 Å². The summed E-state index contributed by atoms with van der Waals surface area (Å²) >= 11 is -0.162. The Hall–Kier alpha value is -2.52. The lowest BCUT2D eigenvalue weighted by molar-refractivity contribution is -0.132. The first-order valence-electron chi connectivity index (χ1n) is 10.0. The average Bonchev–Trinajstić information content (AvgIpc) is 3.57. The minimum absolute atomic E-state index is 0.0215. The van der Waals surface area contributed by atoms with Gasteiger partial charge in [-0.1, -0.05) is 42.5 Å². The minimum Gasteiger partial charge on any atom is -0.348 e. The first-order chi connectivity index (χ1) is 14.8. The van der Waals surface area contributed by atoms with Crippen LogP contribution in [0.15, 0.2) is 59.5 Å². The monoisotopic (exact) mass is 449 g/mol. The number of rotatable bonds is 6. The fourth-order valence-corrected chi connectivity index (χ4v) is 4.27. The van der Waals surface area contributed by atoms with Crippen LogP contribution in [0.25, 0.3) is 0 Å². The van der Waals surface area contributed by atoms with E-state index in [1.165, 1.54) is 12.1 Å². The predicted octanol–water partition coefficient (Wildman–Crippen LogP) is 4.04. The average molecular weight is 449 g/mol. The minimum atomic E-state index is -4.34. The molecule has 1 aliphatic carbocycles. The molecule has 4 rings (SSSR count). The molecule has 5 nitrogen and oxygen atoms in total. The number of benzene rings is 2. The van der Waals surface area contributed by atoms with Crippen LogP contribution in [0.3, 0.4) is 0 Å². The van der Waals surface area contributed by atoms with Crippen molar-refractivity contribution in [2.24, 2.45) is 5.92 Å². The molecule has 2 aromatic rings. The molecule has 9 heteroatoms. The number of carbonyl (C=O) groups excluding carboxylic acids is 2. The fourth-order valence-electron chi connectivity index (χ4n) is 3.73. The molecule has 1 saturated heterocycles. The second kappa shape index (κ2) is 8.92. The number of alkyl halides is 3. The largest absolute Gasteiger partial charge is 0.446 e. The van der Waals surface area contributed by atoms with Crippen LogP contribution in [0.1, 0.15) is 42.6 Å². The van der Waals surface area contributed by atoms with Gasteiger partial charge in [-0.15, -0.1) is 0 Å². The quantitative estimate of drug-likeness (QED) is 0.582. The van der Waals surface area contributed by atoms with Gasteiger partial charge in [0, 0.05) is 4.90 Å². The summed E-state index contributed by atoms with van der Waals surface area (Å²) in [7, 11) is 0. The van der Waals surface area contributed by atoms with Crippen molar-refractivity contribution in [3.05, 3.63) is 65.7 Å². The Morgan fingerprint density at radius 1 is 1.06 bits per heavy atom. The molecule has 2 unspecified atom stereocenters. The van der Waals surface area contributed by atoms with Crippen molar-refractivity contribution < 1.29 is 22.8 Å². The first-order valence-corrected chi connectivity index (χ1v) is 10.9. The maximum Gasteiger partial charge on any atom is 0.446 e. The lowest BCUT2D eigenvalue weighted by Crippen LogP contribution is -2.56. The Bertz CT molecular complexity index is 933. The normalized spacial score (nSPS) is 22.5. The van der Waals surface area contributed by atoms with Crippen molar-refractivity contribution in [1.82, 2.24) is 16.0 Å². The number of amides is 2. The molecule has 3 N–H and O–H groups in total. The smallest absolute Gasteiger partial charge is 0.348 e. The maximum atomic E-state index is 13.0. The summed E-state index contributed by atoms with van der Waals surface area (Å²) in [6.07, 6.45) is 1.44. The van der Waals surface area contributed by atoms with E-state index in [0.29, 0.717) is 0 Å². The second-order valence-electron chi connectivity index (χ2n) is 7.78. The molecule has 3 atom stereocenters. The van der Waals surface area contributed by atoms with E-state index in [1.54, 1.807) is 12.1 Å². The van der Waals surface area contributed by atoms with Crippen LogP contribution in [-0.2, 0) is 9.59 Å².